The lowest BCUT2D eigenvalue weighted by Gasteiger charge is -2.26. The van der Waals surface area contributed by atoms with Gasteiger partial charge in [-0.2, -0.15) is 11.3 Å². The Hall–Kier alpha value is -2.21. The molecule has 0 saturated heterocycles. The molecule has 5 nitrogen and oxygen atoms in total. The summed E-state index contributed by atoms with van der Waals surface area (Å²) in [6, 6.07) is 9.42. The van der Waals surface area contributed by atoms with Crippen molar-refractivity contribution in [1.29, 1.82) is 0 Å². The van der Waals surface area contributed by atoms with Crippen LogP contribution in [0.3, 0.4) is 0 Å². The molecule has 2 aromatic rings. The molecule has 0 aliphatic carbocycles. The molecule has 6 heteroatoms. The van der Waals surface area contributed by atoms with Gasteiger partial charge in [-0.1, -0.05) is 12.1 Å². The fourth-order valence-corrected chi connectivity index (χ4v) is 2.89. The monoisotopic (exact) mass is 318 g/mol. The van der Waals surface area contributed by atoms with Crippen molar-refractivity contribution < 1.29 is 14.3 Å². The minimum Gasteiger partial charge on any atom is -0.486 e. The molecule has 2 N–H and O–H groups in total. The Labute approximate surface area is 133 Å². The summed E-state index contributed by atoms with van der Waals surface area (Å²) in [5, 5.41) is 9.77. The molecular weight excluding hydrogens is 300 g/mol. The number of nitrogens with one attached hydrogen (secondary N) is 2. The quantitative estimate of drug-likeness (QED) is 0.890. The molecule has 1 atom stereocenters. The largest absolute Gasteiger partial charge is 0.486 e. The van der Waals surface area contributed by atoms with Gasteiger partial charge in [0.1, 0.15) is 6.61 Å². The lowest BCUT2D eigenvalue weighted by atomic mass is 10.2. The average molecular weight is 318 g/mol. The van der Waals surface area contributed by atoms with E-state index in [2.05, 4.69) is 22.1 Å². The molecule has 1 aromatic carbocycles. The van der Waals surface area contributed by atoms with E-state index < -0.39 is 0 Å². The van der Waals surface area contributed by atoms with E-state index in [1.54, 1.807) is 11.3 Å². The van der Waals surface area contributed by atoms with Crippen LogP contribution in [0.2, 0.25) is 0 Å². The van der Waals surface area contributed by atoms with E-state index in [0.717, 1.165) is 17.9 Å². The predicted molar refractivity (Wildman–Crippen MR) is 85.8 cm³/mol. The van der Waals surface area contributed by atoms with Crippen LogP contribution in [-0.2, 0) is 6.42 Å². The highest BCUT2D eigenvalue weighted by Gasteiger charge is 2.20. The number of amides is 2. The number of fused-ring (bicyclic) bond motifs is 1. The molecule has 2 amide bonds. The van der Waals surface area contributed by atoms with Gasteiger partial charge in [-0.15, -0.1) is 0 Å². The molecular formula is C16H18N2O3S. The Morgan fingerprint density at radius 3 is 2.91 bits per heavy atom. The molecule has 0 radical (unpaired) electrons. The topological polar surface area (TPSA) is 59.6 Å². The van der Waals surface area contributed by atoms with Crippen LogP contribution < -0.4 is 20.1 Å². The van der Waals surface area contributed by atoms with E-state index in [1.165, 1.54) is 5.56 Å². The molecule has 1 aliphatic rings. The van der Waals surface area contributed by atoms with Crippen LogP contribution in [0.15, 0.2) is 41.1 Å². The standard InChI is InChI=1S/C16H18N2O3S/c19-16(17-7-5-12-6-8-22-11-12)18-9-13-10-20-14-3-1-2-4-15(14)21-13/h1-4,6,8,11,13H,5,7,9-10H2,(H2,17,18,19)/t13-/m0/s1. The van der Waals surface area contributed by atoms with Gasteiger partial charge in [-0.05, 0) is 40.9 Å². The number of carbonyl (C=O) groups excluding carboxylic acids is 1. The van der Waals surface area contributed by atoms with Crippen LogP contribution in [0.5, 0.6) is 11.5 Å². The van der Waals surface area contributed by atoms with Crippen LogP contribution in [0.1, 0.15) is 5.56 Å². The van der Waals surface area contributed by atoms with Gasteiger partial charge < -0.3 is 20.1 Å². The molecule has 2 heterocycles. The number of thiophene rings is 1. The predicted octanol–water partition coefficient (Wildman–Crippen LogP) is 2.43. The normalized spacial score (nSPS) is 16.1. The maximum atomic E-state index is 11.7. The second-order valence-electron chi connectivity index (χ2n) is 5.02. The van der Waals surface area contributed by atoms with Gasteiger partial charge in [-0.3, -0.25) is 0 Å². The highest BCUT2D eigenvalue weighted by atomic mass is 32.1. The highest BCUT2D eigenvalue weighted by molar-refractivity contribution is 7.07. The van der Waals surface area contributed by atoms with Crippen molar-refractivity contribution in [2.75, 3.05) is 19.7 Å². The molecule has 1 aliphatic heterocycles. The number of hydrogen-bond acceptors (Lipinski definition) is 4. The Balaban J connectivity index is 1.37. The van der Waals surface area contributed by atoms with Gasteiger partial charge >= 0.3 is 6.03 Å². The molecule has 3 rings (SSSR count). The molecule has 0 saturated carbocycles. The lowest BCUT2D eigenvalue weighted by Crippen LogP contribution is -2.44. The Bertz CT molecular complexity index is 616. The number of hydrogen-bond donors (Lipinski definition) is 2. The first-order valence-electron chi connectivity index (χ1n) is 7.22. The highest BCUT2D eigenvalue weighted by Crippen LogP contribution is 2.30. The first-order valence-corrected chi connectivity index (χ1v) is 8.17. The maximum absolute atomic E-state index is 11.7. The summed E-state index contributed by atoms with van der Waals surface area (Å²) in [4.78, 5) is 11.7. The van der Waals surface area contributed by atoms with Crippen LogP contribution in [0.4, 0.5) is 4.79 Å². The Morgan fingerprint density at radius 2 is 2.09 bits per heavy atom. The number of para-hydroxylation sites is 2. The zero-order valence-electron chi connectivity index (χ0n) is 12.1. The molecule has 0 bridgehead atoms. The first kappa shape index (κ1) is 14.7. The van der Waals surface area contributed by atoms with E-state index in [9.17, 15) is 4.79 Å². The summed E-state index contributed by atoms with van der Waals surface area (Å²) in [6.45, 7) is 1.47. The third kappa shape index (κ3) is 3.92. The van der Waals surface area contributed by atoms with E-state index >= 15 is 0 Å². The van der Waals surface area contributed by atoms with Crippen molar-refractivity contribution in [1.82, 2.24) is 10.6 Å². The van der Waals surface area contributed by atoms with Gasteiger partial charge in [0.05, 0.1) is 6.54 Å². The fraction of sp³-hybridized carbons (Fsp3) is 0.312. The number of ether oxygens (including phenoxy) is 2. The SMILES string of the molecule is O=C(NCCc1ccsc1)NC[C@H]1COc2ccccc2O1. The van der Waals surface area contributed by atoms with Crippen molar-refractivity contribution in [3.05, 3.63) is 46.7 Å². The van der Waals surface area contributed by atoms with Crippen molar-refractivity contribution in [2.24, 2.45) is 0 Å². The smallest absolute Gasteiger partial charge is 0.314 e. The Kier molecular flexibility index (Phi) is 4.80. The summed E-state index contributed by atoms with van der Waals surface area (Å²) in [5.41, 5.74) is 1.24. The van der Waals surface area contributed by atoms with Gasteiger partial charge in [0.15, 0.2) is 17.6 Å². The number of rotatable bonds is 5. The van der Waals surface area contributed by atoms with E-state index in [1.807, 2.05) is 29.6 Å². The molecule has 1 aromatic heterocycles. The van der Waals surface area contributed by atoms with Gasteiger partial charge in [0, 0.05) is 6.54 Å². The van der Waals surface area contributed by atoms with E-state index in [0.29, 0.717) is 19.7 Å². The molecule has 0 fully saturated rings. The van der Waals surface area contributed by atoms with Gasteiger partial charge in [-0.25, -0.2) is 4.79 Å². The van der Waals surface area contributed by atoms with Crippen molar-refractivity contribution >= 4 is 17.4 Å². The first-order chi connectivity index (χ1) is 10.8. The maximum Gasteiger partial charge on any atom is 0.314 e. The third-order valence-corrected chi connectivity index (χ3v) is 4.07. The number of urea groups is 1. The van der Waals surface area contributed by atoms with Crippen LogP contribution in [0.25, 0.3) is 0 Å². The summed E-state index contributed by atoms with van der Waals surface area (Å²) in [7, 11) is 0. The zero-order chi connectivity index (χ0) is 15.2. The van der Waals surface area contributed by atoms with Crippen molar-refractivity contribution in [2.45, 2.75) is 12.5 Å². The average Bonchev–Trinajstić information content (AvgIpc) is 3.06. The Morgan fingerprint density at radius 1 is 1.23 bits per heavy atom. The van der Waals surface area contributed by atoms with Crippen LogP contribution >= 0.6 is 11.3 Å². The second kappa shape index (κ2) is 7.17. The van der Waals surface area contributed by atoms with E-state index in [4.69, 9.17) is 9.47 Å². The van der Waals surface area contributed by atoms with Crippen molar-refractivity contribution in [3.63, 3.8) is 0 Å². The molecule has 116 valence electrons. The molecule has 0 unspecified atom stereocenters. The molecule has 0 spiro atoms. The minimum absolute atomic E-state index is 0.169. The van der Waals surface area contributed by atoms with Gasteiger partial charge in [0.2, 0.25) is 0 Å². The number of benzene rings is 1. The fourth-order valence-electron chi connectivity index (χ4n) is 2.19. The lowest BCUT2D eigenvalue weighted by molar-refractivity contribution is 0.0918. The van der Waals surface area contributed by atoms with Gasteiger partial charge in [0.25, 0.3) is 0 Å². The molecule has 22 heavy (non-hydrogen) atoms. The summed E-state index contributed by atoms with van der Waals surface area (Å²) >= 11 is 1.66. The minimum atomic E-state index is -0.183. The van der Waals surface area contributed by atoms with Crippen LogP contribution in [-0.4, -0.2) is 31.8 Å². The summed E-state index contributed by atoms with van der Waals surface area (Å²) < 4.78 is 11.4. The summed E-state index contributed by atoms with van der Waals surface area (Å²) in [6.07, 6.45) is 0.672. The third-order valence-electron chi connectivity index (χ3n) is 3.34. The zero-order valence-corrected chi connectivity index (χ0v) is 12.9. The second-order valence-corrected chi connectivity index (χ2v) is 5.80. The van der Waals surface area contributed by atoms with Crippen molar-refractivity contribution in [3.8, 4) is 11.5 Å². The van der Waals surface area contributed by atoms with E-state index in [-0.39, 0.29) is 12.1 Å². The summed E-state index contributed by atoms with van der Waals surface area (Å²) in [5.74, 6) is 1.47. The number of carbonyl (C=O) groups is 1. The van der Waals surface area contributed by atoms with Crippen LogP contribution in [0, 0.1) is 0 Å².